The maximum Gasteiger partial charge on any atom is 0.120 e. The van der Waals surface area contributed by atoms with Gasteiger partial charge in [-0.25, -0.2) is 4.98 Å². The summed E-state index contributed by atoms with van der Waals surface area (Å²) in [7, 11) is 0. The van der Waals surface area contributed by atoms with Crippen molar-refractivity contribution < 1.29 is 4.74 Å². The highest BCUT2D eigenvalue weighted by Crippen LogP contribution is 2.26. The van der Waals surface area contributed by atoms with E-state index in [2.05, 4.69) is 16.9 Å². The van der Waals surface area contributed by atoms with Gasteiger partial charge in [0.15, 0.2) is 0 Å². The molecule has 0 unspecified atom stereocenters. The molecule has 3 nitrogen and oxygen atoms in total. The van der Waals surface area contributed by atoms with Crippen molar-refractivity contribution in [3.05, 3.63) is 35.9 Å². The van der Waals surface area contributed by atoms with Crippen molar-refractivity contribution in [3.63, 3.8) is 0 Å². The Balaban J connectivity index is 2.15. The second-order valence-corrected chi connectivity index (χ2v) is 4.70. The summed E-state index contributed by atoms with van der Waals surface area (Å²) in [6.07, 6.45) is 1.85. The van der Waals surface area contributed by atoms with Crippen LogP contribution < -0.4 is 10.1 Å². The van der Waals surface area contributed by atoms with Crippen LogP contribution in [-0.2, 0) is 6.54 Å². The Morgan fingerprint density at radius 3 is 3.18 bits per heavy atom. The van der Waals surface area contributed by atoms with Crippen molar-refractivity contribution >= 4 is 21.6 Å². The maximum atomic E-state index is 5.47. The van der Waals surface area contributed by atoms with Gasteiger partial charge in [-0.15, -0.1) is 17.9 Å². The standard InChI is InChI=1S/C13H16N2OS/c1-3-7-14-9-13-15-11-6-5-10(16-4-2)8-12(11)17-13/h3,5-6,8,14H,1,4,7,9H2,2H3. The fraction of sp³-hybridized carbons (Fsp3) is 0.308. The van der Waals surface area contributed by atoms with E-state index in [9.17, 15) is 0 Å². The first kappa shape index (κ1) is 12.1. The van der Waals surface area contributed by atoms with Gasteiger partial charge in [0, 0.05) is 13.1 Å². The third-order valence-electron chi connectivity index (χ3n) is 2.28. The lowest BCUT2D eigenvalue weighted by Gasteiger charge is -2.00. The summed E-state index contributed by atoms with van der Waals surface area (Å²) >= 11 is 1.70. The number of hydrogen-bond donors (Lipinski definition) is 1. The van der Waals surface area contributed by atoms with Gasteiger partial charge in [0.25, 0.3) is 0 Å². The molecule has 0 radical (unpaired) electrons. The lowest BCUT2D eigenvalue weighted by Crippen LogP contribution is -2.11. The minimum atomic E-state index is 0.693. The lowest BCUT2D eigenvalue weighted by molar-refractivity contribution is 0.341. The number of benzene rings is 1. The Hall–Kier alpha value is -1.39. The SMILES string of the molecule is C=CCNCc1nc2ccc(OCC)cc2s1. The van der Waals surface area contributed by atoms with E-state index in [-0.39, 0.29) is 0 Å². The van der Waals surface area contributed by atoms with Gasteiger partial charge in [0.1, 0.15) is 10.8 Å². The largest absolute Gasteiger partial charge is 0.494 e. The number of ether oxygens (including phenoxy) is 1. The molecule has 90 valence electrons. The van der Waals surface area contributed by atoms with Crippen LogP contribution in [0, 0.1) is 0 Å². The van der Waals surface area contributed by atoms with Gasteiger partial charge in [-0.1, -0.05) is 6.08 Å². The molecular weight excluding hydrogens is 232 g/mol. The molecule has 1 N–H and O–H groups in total. The molecule has 0 aliphatic heterocycles. The zero-order chi connectivity index (χ0) is 12.1. The van der Waals surface area contributed by atoms with Crippen LogP contribution in [0.2, 0.25) is 0 Å². The predicted octanol–water partition coefficient (Wildman–Crippen LogP) is 2.97. The Bertz CT molecular complexity index is 507. The zero-order valence-corrected chi connectivity index (χ0v) is 10.7. The van der Waals surface area contributed by atoms with E-state index in [4.69, 9.17) is 4.74 Å². The van der Waals surface area contributed by atoms with Crippen molar-refractivity contribution in [2.75, 3.05) is 13.2 Å². The molecule has 1 aromatic heterocycles. The number of aromatic nitrogens is 1. The van der Waals surface area contributed by atoms with Crippen molar-refractivity contribution in [3.8, 4) is 5.75 Å². The fourth-order valence-corrected chi connectivity index (χ4v) is 2.53. The van der Waals surface area contributed by atoms with Gasteiger partial charge in [0.2, 0.25) is 0 Å². The first-order valence-electron chi connectivity index (χ1n) is 5.67. The number of hydrogen-bond acceptors (Lipinski definition) is 4. The molecule has 0 bridgehead atoms. The molecular formula is C13H16N2OS. The minimum Gasteiger partial charge on any atom is -0.494 e. The highest BCUT2D eigenvalue weighted by Gasteiger charge is 2.04. The van der Waals surface area contributed by atoms with Gasteiger partial charge in [-0.3, -0.25) is 0 Å². The Morgan fingerprint density at radius 2 is 2.41 bits per heavy atom. The zero-order valence-electron chi connectivity index (χ0n) is 9.90. The molecule has 1 aromatic carbocycles. The normalized spacial score (nSPS) is 10.6. The molecule has 17 heavy (non-hydrogen) atoms. The van der Waals surface area contributed by atoms with Crippen molar-refractivity contribution in [2.45, 2.75) is 13.5 Å². The quantitative estimate of drug-likeness (QED) is 0.630. The molecule has 0 saturated heterocycles. The van der Waals surface area contributed by atoms with E-state index >= 15 is 0 Å². The summed E-state index contributed by atoms with van der Waals surface area (Å²) < 4.78 is 6.64. The van der Waals surface area contributed by atoms with Crippen molar-refractivity contribution in [2.24, 2.45) is 0 Å². The monoisotopic (exact) mass is 248 g/mol. The first-order valence-corrected chi connectivity index (χ1v) is 6.49. The van der Waals surface area contributed by atoms with E-state index in [1.54, 1.807) is 11.3 Å². The molecule has 0 saturated carbocycles. The molecule has 4 heteroatoms. The van der Waals surface area contributed by atoms with Crippen LogP contribution in [0.3, 0.4) is 0 Å². The second-order valence-electron chi connectivity index (χ2n) is 3.59. The van der Waals surface area contributed by atoms with Crippen molar-refractivity contribution in [1.82, 2.24) is 10.3 Å². The molecule has 2 aromatic rings. The fourth-order valence-electron chi connectivity index (χ4n) is 1.57. The molecule has 1 heterocycles. The van der Waals surface area contributed by atoms with Crippen LogP contribution >= 0.6 is 11.3 Å². The Labute approximate surface area is 105 Å². The average molecular weight is 248 g/mol. The van der Waals surface area contributed by atoms with E-state index in [0.29, 0.717) is 6.61 Å². The molecule has 0 fully saturated rings. The van der Waals surface area contributed by atoms with Crippen LogP contribution in [-0.4, -0.2) is 18.1 Å². The van der Waals surface area contributed by atoms with Gasteiger partial charge in [-0.05, 0) is 25.1 Å². The second kappa shape index (κ2) is 5.80. The summed E-state index contributed by atoms with van der Waals surface area (Å²) in [5, 5.41) is 4.34. The molecule has 0 aliphatic rings. The van der Waals surface area contributed by atoms with Crippen LogP contribution in [0.1, 0.15) is 11.9 Å². The number of nitrogens with zero attached hydrogens (tertiary/aromatic N) is 1. The highest BCUT2D eigenvalue weighted by molar-refractivity contribution is 7.18. The predicted molar refractivity (Wildman–Crippen MR) is 72.7 cm³/mol. The maximum absolute atomic E-state index is 5.47. The molecule has 0 amide bonds. The average Bonchev–Trinajstić information content (AvgIpc) is 2.72. The topological polar surface area (TPSA) is 34.2 Å². The molecule has 2 rings (SSSR count). The van der Waals surface area contributed by atoms with Crippen molar-refractivity contribution in [1.29, 1.82) is 0 Å². The summed E-state index contributed by atoms with van der Waals surface area (Å²) in [5.41, 5.74) is 1.04. The summed E-state index contributed by atoms with van der Waals surface area (Å²) in [4.78, 5) is 4.55. The summed E-state index contributed by atoms with van der Waals surface area (Å²) in [6, 6.07) is 6.02. The Morgan fingerprint density at radius 1 is 1.53 bits per heavy atom. The van der Waals surface area contributed by atoms with E-state index in [1.165, 1.54) is 4.70 Å². The lowest BCUT2D eigenvalue weighted by atomic mass is 10.3. The third kappa shape index (κ3) is 3.05. The van der Waals surface area contributed by atoms with E-state index < -0.39 is 0 Å². The van der Waals surface area contributed by atoms with Gasteiger partial charge >= 0.3 is 0 Å². The van der Waals surface area contributed by atoms with Crippen LogP contribution in [0.5, 0.6) is 5.75 Å². The summed E-state index contributed by atoms with van der Waals surface area (Å²) in [6.45, 7) is 7.94. The molecule has 0 atom stereocenters. The van der Waals surface area contributed by atoms with Gasteiger partial charge < -0.3 is 10.1 Å². The Kier molecular flexibility index (Phi) is 4.12. The number of nitrogens with one attached hydrogen (secondary N) is 1. The third-order valence-corrected chi connectivity index (χ3v) is 3.30. The number of rotatable bonds is 6. The van der Waals surface area contributed by atoms with E-state index in [0.717, 1.165) is 29.4 Å². The number of fused-ring (bicyclic) bond motifs is 1. The van der Waals surface area contributed by atoms with E-state index in [1.807, 2.05) is 31.2 Å². The van der Waals surface area contributed by atoms with Crippen LogP contribution in [0.15, 0.2) is 30.9 Å². The van der Waals surface area contributed by atoms with Gasteiger partial charge in [0.05, 0.1) is 16.8 Å². The molecule has 0 spiro atoms. The highest BCUT2D eigenvalue weighted by atomic mass is 32.1. The molecule has 0 aliphatic carbocycles. The van der Waals surface area contributed by atoms with Crippen LogP contribution in [0.25, 0.3) is 10.2 Å². The minimum absolute atomic E-state index is 0.693. The summed E-state index contributed by atoms with van der Waals surface area (Å²) in [5.74, 6) is 0.911. The van der Waals surface area contributed by atoms with Gasteiger partial charge in [-0.2, -0.15) is 0 Å². The first-order chi connectivity index (χ1) is 8.33. The smallest absolute Gasteiger partial charge is 0.120 e. The number of thiazole rings is 1. The van der Waals surface area contributed by atoms with Crippen LogP contribution in [0.4, 0.5) is 0 Å².